The van der Waals surface area contributed by atoms with Crippen LogP contribution < -0.4 is 4.74 Å². The summed E-state index contributed by atoms with van der Waals surface area (Å²) in [7, 11) is 0. The van der Waals surface area contributed by atoms with Crippen LogP contribution in [0.25, 0.3) is 23.0 Å². The number of hydrogen-bond acceptors (Lipinski definition) is 5. The normalized spacial score (nSPS) is 15.0. The molecule has 1 aliphatic rings. The first-order valence-corrected chi connectivity index (χ1v) is 12.4. The van der Waals surface area contributed by atoms with E-state index in [-0.39, 0.29) is 5.91 Å². The van der Waals surface area contributed by atoms with Crippen LogP contribution in [0.3, 0.4) is 0 Å². The van der Waals surface area contributed by atoms with Crippen molar-refractivity contribution in [3.05, 3.63) is 70.8 Å². The van der Waals surface area contributed by atoms with Gasteiger partial charge in [-0.25, -0.2) is 4.68 Å². The highest BCUT2D eigenvalue weighted by molar-refractivity contribution is 8.26. The lowest BCUT2D eigenvalue weighted by molar-refractivity contribution is -0.122. The van der Waals surface area contributed by atoms with Crippen molar-refractivity contribution >= 4 is 40.3 Å². The van der Waals surface area contributed by atoms with Crippen molar-refractivity contribution in [1.82, 2.24) is 14.7 Å². The molecule has 1 aromatic heterocycles. The van der Waals surface area contributed by atoms with Crippen molar-refractivity contribution in [2.24, 2.45) is 0 Å². The Kier molecular flexibility index (Phi) is 7.30. The minimum atomic E-state index is -0.0280. The minimum Gasteiger partial charge on any atom is -0.494 e. The van der Waals surface area contributed by atoms with Gasteiger partial charge in [0.2, 0.25) is 0 Å². The summed E-state index contributed by atoms with van der Waals surface area (Å²) in [6.07, 6.45) is 5.83. The van der Waals surface area contributed by atoms with Gasteiger partial charge >= 0.3 is 0 Å². The molecule has 0 spiro atoms. The summed E-state index contributed by atoms with van der Waals surface area (Å²) >= 11 is 6.84. The van der Waals surface area contributed by atoms with Gasteiger partial charge in [-0.2, -0.15) is 5.10 Å². The smallest absolute Gasteiger partial charge is 0.266 e. The lowest BCUT2D eigenvalue weighted by Crippen LogP contribution is -2.28. The Labute approximate surface area is 204 Å². The number of benzene rings is 2. The van der Waals surface area contributed by atoms with Gasteiger partial charge in [0.1, 0.15) is 15.8 Å². The van der Waals surface area contributed by atoms with E-state index in [0.717, 1.165) is 46.7 Å². The number of thiocarbonyl (C=S) groups is 1. The van der Waals surface area contributed by atoms with Crippen LogP contribution in [0.2, 0.25) is 0 Å². The first-order chi connectivity index (χ1) is 16.0. The maximum absolute atomic E-state index is 13.0. The Hall–Kier alpha value is -2.90. The molecular formula is C26H27N3O2S2. The van der Waals surface area contributed by atoms with E-state index in [9.17, 15) is 4.79 Å². The van der Waals surface area contributed by atoms with E-state index >= 15 is 0 Å². The number of unbranched alkanes of at least 4 members (excludes halogenated alkanes) is 1. The van der Waals surface area contributed by atoms with Crippen LogP contribution in [0.5, 0.6) is 5.75 Å². The van der Waals surface area contributed by atoms with Crippen LogP contribution in [0.15, 0.2) is 59.6 Å². The number of aromatic nitrogens is 2. The van der Waals surface area contributed by atoms with Crippen LogP contribution in [-0.2, 0) is 4.79 Å². The molecule has 4 rings (SSSR count). The molecule has 1 fully saturated rings. The van der Waals surface area contributed by atoms with Crippen molar-refractivity contribution in [3.8, 4) is 22.7 Å². The lowest BCUT2D eigenvalue weighted by atomic mass is 10.0. The van der Waals surface area contributed by atoms with E-state index in [0.29, 0.717) is 22.4 Å². The summed E-state index contributed by atoms with van der Waals surface area (Å²) in [4.78, 5) is 15.4. The third kappa shape index (κ3) is 5.04. The number of para-hydroxylation sites is 1. The highest BCUT2D eigenvalue weighted by Crippen LogP contribution is 2.35. The van der Waals surface area contributed by atoms with E-state index < -0.39 is 0 Å². The molecule has 1 amide bonds. The van der Waals surface area contributed by atoms with E-state index in [1.807, 2.05) is 73.3 Å². The summed E-state index contributed by atoms with van der Waals surface area (Å²) in [5.41, 5.74) is 4.65. The first kappa shape index (κ1) is 23.3. The standard InChI is InChI=1S/C26H27N3O2S2/c1-4-6-14-28-25(30)23(33-26(28)32)16-20-17-29(21-10-8-7-9-11-21)27-24(20)19-12-13-22(31-5-2)18(3)15-19/h7-13,15-17H,4-6,14H2,1-3H3. The summed E-state index contributed by atoms with van der Waals surface area (Å²) in [5, 5.41) is 4.89. The molecule has 0 aliphatic carbocycles. The fourth-order valence-corrected chi connectivity index (χ4v) is 4.99. The predicted octanol–water partition coefficient (Wildman–Crippen LogP) is 6.25. The Morgan fingerprint density at radius 2 is 1.94 bits per heavy atom. The Morgan fingerprint density at radius 1 is 1.15 bits per heavy atom. The second-order valence-corrected chi connectivity index (χ2v) is 9.49. The number of thioether (sulfide) groups is 1. The molecule has 0 N–H and O–H groups in total. The number of aryl methyl sites for hydroxylation is 1. The van der Waals surface area contributed by atoms with Gasteiger partial charge in [0.05, 0.1) is 17.2 Å². The number of carbonyl (C=O) groups excluding carboxylic acids is 1. The molecule has 0 saturated carbocycles. The quantitative estimate of drug-likeness (QED) is 0.284. The van der Waals surface area contributed by atoms with Gasteiger partial charge in [0.15, 0.2) is 0 Å². The van der Waals surface area contributed by atoms with Crippen LogP contribution in [-0.4, -0.2) is 38.1 Å². The van der Waals surface area contributed by atoms with Crippen molar-refractivity contribution in [3.63, 3.8) is 0 Å². The van der Waals surface area contributed by atoms with Gasteiger partial charge in [0, 0.05) is 23.9 Å². The third-order valence-corrected chi connectivity index (χ3v) is 6.78. The van der Waals surface area contributed by atoms with Crippen LogP contribution in [0, 0.1) is 6.92 Å². The number of ether oxygens (including phenoxy) is 1. The second kappa shape index (κ2) is 10.4. The number of amides is 1. The monoisotopic (exact) mass is 477 g/mol. The van der Waals surface area contributed by atoms with Gasteiger partial charge in [0.25, 0.3) is 5.91 Å². The molecular weight excluding hydrogens is 450 g/mol. The molecule has 2 aromatic carbocycles. The Balaban J connectivity index is 1.77. The van der Waals surface area contributed by atoms with Crippen molar-refractivity contribution in [2.75, 3.05) is 13.2 Å². The molecule has 2 heterocycles. The van der Waals surface area contributed by atoms with Crippen LogP contribution in [0.1, 0.15) is 37.8 Å². The fourth-order valence-electron chi connectivity index (χ4n) is 3.69. The SMILES string of the molecule is CCCCN1C(=O)C(=Cc2cn(-c3ccccc3)nc2-c2ccc(OCC)c(C)c2)SC1=S. The Morgan fingerprint density at radius 3 is 2.64 bits per heavy atom. The zero-order valence-electron chi connectivity index (χ0n) is 19.1. The van der Waals surface area contributed by atoms with Crippen LogP contribution in [0.4, 0.5) is 0 Å². The molecule has 3 aromatic rings. The molecule has 0 bridgehead atoms. The predicted molar refractivity (Wildman–Crippen MR) is 140 cm³/mol. The van der Waals surface area contributed by atoms with E-state index in [4.69, 9.17) is 22.1 Å². The largest absolute Gasteiger partial charge is 0.494 e. The maximum atomic E-state index is 13.0. The highest BCUT2D eigenvalue weighted by atomic mass is 32.2. The van der Waals surface area contributed by atoms with Crippen molar-refractivity contribution in [1.29, 1.82) is 0 Å². The lowest BCUT2D eigenvalue weighted by Gasteiger charge is -2.13. The van der Waals surface area contributed by atoms with Gasteiger partial charge in [-0.15, -0.1) is 0 Å². The number of carbonyl (C=O) groups is 1. The second-order valence-electron chi connectivity index (χ2n) is 7.81. The molecule has 0 unspecified atom stereocenters. The first-order valence-electron chi connectivity index (χ1n) is 11.2. The number of rotatable bonds is 8. The summed E-state index contributed by atoms with van der Waals surface area (Å²) in [6.45, 7) is 7.39. The maximum Gasteiger partial charge on any atom is 0.266 e. The topological polar surface area (TPSA) is 47.4 Å². The van der Waals surface area contributed by atoms with Crippen molar-refractivity contribution in [2.45, 2.75) is 33.6 Å². The average Bonchev–Trinajstić information content (AvgIpc) is 3.35. The zero-order valence-corrected chi connectivity index (χ0v) is 20.7. The number of nitrogens with zero attached hydrogens (tertiary/aromatic N) is 3. The summed E-state index contributed by atoms with van der Waals surface area (Å²) < 4.78 is 8.18. The average molecular weight is 478 g/mol. The van der Waals surface area contributed by atoms with E-state index in [1.54, 1.807) is 4.90 Å². The Bertz CT molecular complexity index is 1200. The van der Waals surface area contributed by atoms with Gasteiger partial charge < -0.3 is 4.74 Å². The summed E-state index contributed by atoms with van der Waals surface area (Å²) in [5.74, 6) is 0.835. The van der Waals surface area contributed by atoms with Gasteiger partial charge in [-0.1, -0.05) is 55.5 Å². The fraction of sp³-hybridized carbons (Fsp3) is 0.269. The molecule has 1 saturated heterocycles. The minimum absolute atomic E-state index is 0.0280. The third-order valence-electron chi connectivity index (χ3n) is 5.41. The van der Waals surface area contributed by atoms with E-state index in [2.05, 4.69) is 13.0 Å². The molecule has 33 heavy (non-hydrogen) atoms. The summed E-state index contributed by atoms with van der Waals surface area (Å²) in [6, 6.07) is 16.0. The van der Waals surface area contributed by atoms with E-state index in [1.165, 1.54) is 11.8 Å². The number of hydrogen-bond donors (Lipinski definition) is 0. The zero-order chi connectivity index (χ0) is 23.4. The van der Waals surface area contributed by atoms with Crippen LogP contribution >= 0.6 is 24.0 Å². The van der Waals surface area contributed by atoms with Gasteiger partial charge in [-0.3, -0.25) is 9.69 Å². The molecule has 0 atom stereocenters. The van der Waals surface area contributed by atoms with Crippen molar-refractivity contribution < 1.29 is 9.53 Å². The molecule has 1 aliphatic heterocycles. The molecule has 5 nitrogen and oxygen atoms in total. The molecule has 7 heteroatoms. The molecule has 0 radical (unpaired) electrons. The molecule has 170 valence electrons. The highest BCUT2D eigenvalue weighted by Gasteiger charge is 2.31. The van der Waals surface area contributed by atoms with Gasteiger partial charge in [-0.05, 0) is 62.2 Å².